The van der Waals surface area contributed by atoms with Crippen LogP contribution in [0, 0.1) is 0 Å². The number of hydrogen-bond acceptors (Lipinski definition) is 2. The molecule has 0 aliphatic carbocycles. The highest BCUT2D eigenvalue weighted by Crippen LogP contribution is 2.22. The van der Waals surface area contributed by atoms with E-state index in [9.17, 15) is 9.59 Å². The number of carbonyl (C=O) groups is 2. The molecule has 0 saturated carbocycles. The summed E-state index contributed by atoms with van der Waals surface area (Å²) in [6, 6.07) is 16.0. The Labute approximate surface area is 128 Å². The lowest BCUT2D eigenvalue weighted by Crippen LogP contribution is -2.17. The number of amides is 2. The van der Waals surface area contributed by atoms with E-state index in [0.717, 1.165) is 5.56 Å². The molecule has 2 rings (SSSR count). The normalized spacial score (nSPS) is 11.5. The average molecular weight is 303 g/mol. The Kier molecular flexibility index (Phi) is 4.95. The summed E-state index contributed by atoms with van der Waals surface area (Å²) in [5.74, 6) is -0.438. The number of hydrogen-bond donors (Lipinski definition) is 2. The third kappa shape index (κ3) is 4.33. The predicted molar refractivity (Wildman–Crippen MR) is 84.4 cm³/mol. The second-order valence-electron chi connectivity index (χ2n) is 4.52. The fraction of sp³-hybridized carbons (Fsp3) is 0.125. The van der Waals surface area contributed by atoms with Crippen molar-refractivity contribution in [3.8, 4) is 0 Å². The summed E-state index contributed by atoms with van der Waals surface area (Å²) >= 11 is 6.14. The summed E-state index contributed by atoms with van der Waals surface area (Å²) in [5.41, 5.74) is 2.04. The zero-order chi connectivity index (χ0) is 15.2. The van der Waals surface area contributed by atoms with Crippen molar-refractivity contribution in [1.82, 2.24) is 0 Å². The maximum absolute atomic E-state index is 12.1. The number of alkyl halides is 1. The first-order valence-corrected chi connectivity index (χ1v) is 6.87. The molecule has 4 nitrogen and oxygen atoms in total. The first kappa shape index (κ1) is 15.1. The molecule has 0 bridgehead atoms. The van der Waals surface area contributed by atoms with Gasteiger partial charge in [-0.1, -0.05) is 30.3 Å². The van der Waals surface area contributed by atoms with E-state index in [0.29, 0.717) is 11.4 Å². The maximum atomic E-state index is 12.1. The summed E-state index contributed by atoms with van der Waals surface area (Å²) in [4.78, 5) is 23.0. The molecular formula is C16H15ClN2O2. The van der Waals surface area contributed by atoms with Gasteiger partial charge in [-0.05, 0) is 29.8 Å². The van der Waals surface area contributed by atoms with Gasteiger partial charge in [0.2, 0.25) is 11.8 Å². The van der Waals surface area contributed by atoms with Crippen molar-refractivity contribution < 1.29 is 9.59 Å². The number of rotatable bonds is 4. The standard InChI is InChI=1S/C16H15ClN2O2/c1-11(20)18-13-7-9-14(10-8-13)19-16(21)15(17)12-5-3-2-4-6-12/h2-10,15H,1H3,(H,18,20)(H,19,21). The number of nitrogens with one attached hydrogen (secondary N) is 2. The third-order valence-electron chi connectivity index (χ3n) is 2.80. The van der Waals surface area contributed by atoms with Crippen LogP contribution in [0.3, 0.4) is 0 Å². The number of anilines is 2. The zero-order valence-electron chi connectivity index (χ0n) is 11.5. The summed E-state index contributed by atoms with van der Waals surface area (Å²) in [6.07, 6.45) is 0. The smallest absolute Gasteiger partial charge is 0.246 e. The zero-order valence-corrected chi connectivity index (χ0v) is 12.2. The fourth-order valence-electron chi connectivity index (χ4n) is 1.82. The van der Waals surface area contributed by atoms with Gasteiger partial charge >= 0.3 is 0 Å². The van der Waals surface area contributed by atoms with Crippen LogP contribution >= 0.6 is 11.6 Å². The molecule has 0 radical (unpaired) electrons. The maximum Gasteiger partial charge on any atom is 0.246 e. The Morgan fingerprint density at radius 3 is 1.95 bits per heavy atom. The number of carbonyl (C=O) groups excluding carboxylic acids is 2. The van der Waals surface area contributed by atoms with Gasteiger partial charge in [-0.3, -0.25) is 9.59 Å². The molecule has 2 aromatic rings. The van der Waals surface area contributed by atoms with Crippen LogP contribution in [0.15, 0.2) is 54.6 Å². The lowest BCUT2D eigenvalue weighted by Gasteiger charge is -2.11. The van der Waals surface area contributed by atoms with E-state index in [1.54, 1.807) is 36.4 Å². The van der Waals surface area contributed by atoms with Crippen molar-refractivity contribution in [2.75, 3.05) is 10.6 Å². The second-order valence-corrected chi connectivity index (χ2v) is 4.96. The van der Waals surface area contributed by atoms with Crippen LogP contribution < -0.4 is 10.6 Å². The summed E-state index contributed by atoms with van der Waals surface area (Å²) in [7, 11) is 0. The van der Waals surface area contributed by atoms with Crippen molar-refractivity contribution in [2.24, 2.45) is 0 Å². The minimum atomic E-state index is -0.749. The van der Waals surface area contributed by atoms with E-state index in [-0.39, 0.29) is 11.8 Å². The van der Waals surface area contributed by atoms with E-state index < -0.39 is 5.38 Å². The van der Waals surface area contributed by atoms with Gasteiger partial charge in [0, 0.05) is 18.3 Å². The van der Waals surface area contributed by atoms with E-state index in [2.05, 4.69) is 10.6 Å². The number of halogens is 1. The Morgan fingerprint density at radius 1 is 0.905 bits per heavy atom. The SMILES string of the molecule is CC(=O)Nc1ccc(NC(=O)C(Cl)c2ccccc2)cc1. The van der Waals surface area contributed by atoms with Crippen LogP contribution in [0.2, 0.25) is 0 Å². The van der Waals surface area contributed by atoms with Gasteiger partial charge in [0.1, 0.15) is 5.38 Å². The van der Waals surface area contributed by atoms with Crippen molar-refractivity contribution in [3.05, 3.63) is 60.2 Å². The molecule has 2 aromatic carbocycles. The average Bonchev–Trinajstić information content (AvgIpc) is 2.49. The molecular weight excluding hydrogens is 288 g/mol. The predicted octanol–water partition coefficient (Wildman–Crippen LogP) is 3.56. The molecule has 0 saturated heterocycles. The largest absolute Gasteiger partial charge is 0.326 e. The molecule has 0 heterocycles. The lowest BCUT2D eigenvalue weighted by molar-refractivity contribution is -0.116. The first-order chi connectivity index (χ1) is 10.1. The number of benzene rings is 2. The molecule has 1 unspecified atom stereocenters. The quantitative estimate of drug-likeness (QED) is 0.848. The molecule has 2 amide bonds. The van der Waals surface area contributed by atoms with Crippen molar-refractivity contribution in [3.63, 3.8) is 0 Å². The van der Waals surface area contributed by atoms with Gasteiger partial charge in [0.25, 0.3) is 0 Å². The topological polar surface area (TPSA) is 58.2 Å². The van der Waals surface area contributed by atoms with Gasteiger partial charge < -0.3 is 10.6 Å². The highest BCUT2D eigenvalue weighted by Gasteiger charge is 2.17. The van der Waals surface area contributed by atoms with E-state index in [4.69, 9.17) is 11.6 Å². The van der Waals surface area contributed by atoms with Gasteiger partial charge in [0.05, 0.1) is 0 Å². The highest BCUT2D eigenvalue weighted by molar-refractivity contribution is 6.32. The third-order valence-corrected chi connectivity index (χ3v) is 3.25. The molecule has 108 valence electrons. The van der Waals surface area contributed by atoms with Gasteiger partial charge in [-0.2, -0.15) is 0 Å². The molecule has 2 N–H and O–H groups in total. The Morgan fingerprint density at radius 2 is 1.43 bits per heavy atom. The van der Waals surface area contributed by atoms with Crippen LogP contribution in [-0.4, -0.2) is 11.8 Å². The molecule has 0 aliphatic rings. The monoisotopic (exact) mass is 302 g/mol. The van der Waals surface area contributed by atoms with Crippen LogP contribution in [0.1, 0.15) is 17.9 Å². The van der Waals surface area contributed by atoms with Crippen molar-refractivity contribution >= 4 is 34.8 Å². The van der Waals surface area contributed by atoms with E-state index in [1.807, 2.05) is 18.2 Å². The lowest BCUT2D eigenvalue weighted by atomic mass is 10.1. The first-order valence-electron chi connectivity index (χ1n) is 6.44. The summed E-state index contributed by atoms with van der Waals surface area (Å²) in [5, 5.41) is 4.64. The summed E-state index contributed by atoms with van der Waals surface area (Å²) < 4.78 is 0. The molecule has 0 spiro atoms. The van der Waals surface area contributed by atoms with Gasteiger partial charge in [-0.15, -0.1) is 11.6 Å². The van der Waals surface area contributed by atoms with Gasteiger partial charge in [-0.25, -0.2) is 0 Å². The second kappa shape index (κ2) is 6.90. The Balaban J connectivity index is 2.01. The molecule has 0 fully saturated rings. The van der Waals surface area contributed by atoms with Crippen LogP contribution in [0.4, 0.5) is 11.4 Å². The van der Waals surface area contributed by atoms with Gasteiger partial charge in [0.15, 0.2) is 0 Å². The fourth-order valence-corrected chi connectivity index (χ4v) is 2.02. The van der Waals surface area contributed by atoms with E-state index in [1.165, 1.54) is 6.92 Å². The minimum Gasteiger partial charge on any atom is -0.326 e. The molecule has 21 heavy (non-hydrogen) atoms. The van der Waals surface area contributed by atoms with Crippen molar-refractivity contribution in [1.29, 1.82) is 0 Å². The molecule has 0 aliphatic heterocycles. The Hall–Kier alpha value is -2.33. The molecule has 5 heteroatoms. The molecule has 1 atom stereocenters. The van der Waals surface area contributed by atoms with E-state index >= 15 is 0 Å². The summed E-state index contributed by atoms with van der Waals surface area (Å²) in [6.45, 7) is 1.44. The highest BCUT2D eigenvalue weighted by atomic mass is 35.5. The minimum absolute atomic E-state index is 0.142. The molecule has 0 aromatic heterocycles. The van der Waals surface area contributed by atoms with Crippen LogP contribution in [0.25, 0.3) is 0 Å². The van der Waals surface area contributed by atoms with Crippen molar-refractivity contribution in [2.45, 2.75) is 12.3 Å². The van der Waals surface area contributed by atoms with Crippen LogP contribution in [-0.2, 0) is 9.59 Å². The Bertz CT molecular complexity index is 626. The van der Waals surface area contributed by atoms with Crippen LogP contribution in [0.5, 0.6) is 0 Å².